The number of hydrogen-bond acceptors (Lipinski definition) is 2. The monoisotopic (exact) mass is 295 g/mol. The molecule has 0 aromatic heterocycles. The molecular weight excluding hydrogens is 262 g/mol. The second kappa shape index (κ2) is 7.13. The molecule has 2 rings (SSSR count). The quantitative estimate of drug-likeness (QED) is 0.815. The van der Waals surface area contributed by atoms with E-state index in [0.29, 0.717) is 6.54 Å². The molecule has 21 heavy (non-hydrogen) atoms. The summed E-state index contributed by atoms with van der Waals surface area (Å²) in [4.78, 5) is 12.4. The van der Waals surface area contributed by atoms with Crippen LogP contribution in [0.15, 0.2) is 0 Å². The zero-order valence-electron chi connectivity index (χ0n) is 14.0. The van der Waals surface area contributed by atoms with Crippen LogP contribution in [-0.2, 0) is 4.79 Å². The normalized spacial score (nSPS) is 31.3. The standard InChI is InChI=1S/C18H33NO2/c1-13(20)11-18(2,3)12-19-17(21)16-9-8-14-6-4-5-7-15(14)10-16/h13-16,20H,4-12H2,1-3H3,(H,19,21). The predicted molar refractivity (Wildman–Crippen MR) is 85.9 cm³/mol. The molecule has 0 spiro atoms. The number of carbonyl (C=O) groups is 1. The lowest BCUT2D eigenvalue weighted by Gasteiger charge is -2.39. The maximum atomic E-state index is 12.4. The van der Waals surface area contributed by atoms with E-state index >= 15 is 0 Å². The summed E-state index contributed by atoms with van der Waals surface area (Å²) in [7, 11) is 0. The first kappa shape index (κ1) is 16.8. The Labute approximate surface area is 129 Å². The third-order valence-corrected chi connectivity index (χ3v) is 5.50. The highest BCUT2D eigenvalue weighted by Gasteiger charge is 2.35. The SMILES string of the molecule is CC(O)CC(C)(C)CNC(=O)C1CCC2CCCCC2C1. The van der Waals surface area contributed by atoms with Crippen LogP contribution < -0.4 is 5.32 Å². The number of carbonyl (C=O) groups excluding carboxylic acids is 1. The average molecular weight is 295 g/mol. The van der Waals surface area contributed by atoms with Crippen LogP contribution in [-0.4, -0.2) is 23.7 Å². The van der Waals surface area contributed by atoms with Crippen molar-refractivity contribution in [3.05, 3.63) is 0 Å². The summed E-state index contributed by atoms with van der Waals surface area (Å²) >= 11 is 0. The molecule has 0 aliphatic heterocycles. The summed E-state index contributed by atoms with van der Waals surface area (Å²) in [6.45, 7) is 6.70. The highest BCUT2D eigenvalue weighted by molar-refractivity contribution is 5.78. The number of aliphatic hydroxyl groups excluding tert-OH is 1. The Balaban J connectivity index is 1.78. The van der Waals surface area contributed by atoms with Gasteiger partial charge in [-0.1, -0.05) is 39.5 Å². The predicted octanol–water partition coefficient (Wildman–Crippen LogP) is 3.51. The van der Waals surface area contributed by atoms with Crippen molar-refractivity contribution in [1.29, 1.82) is 0 Å². The molecule has 0 aromatic carbocycles. The molecule has 4 unspecified atom stereocenters. The number of rotatable bonds is 5. The van der Waals surface area contributed by atoms with E-state index in [0.717, 1.165) is 31.1 Å². The largest absolute Gasteiger partial charge is 0.393 e. The minimum Gasteiger partial charge on any atom is -0.393 e. The van der Waals surface area contributed by atoms with Gasteiger partial charge in [-0.15, -0.1) is 0 Å². The zero-order chi connectivity index (χ0) is 15.5. The van der Waals surface area contributed by atoms with Crippen LogP contribution in [0.5, 0.6) is 0 Å². The Hall–Kier alpha value is -0.570. The van der Waals surface area contributed by atoms with Gasteiger partial charge < -0.3 is 10.4 Å². The van der Waals surface area contributed by atoms with Crippen LogP contribution in [0.2, 0.25) is 0 Å². The molecule has 0 aromatic rings. The van der Waals surface area contributed by atoms with E-state index in [1.807, 2.05) is 6.92 Å². The van der Waals surface area contributed by atoms with E-state index in [2.05, 4.69) is 19.2 Å². The first-order valence-electron chi connectivity index (χ1n) is 8.83. The number of aliphatic hydroxyl groups is 1. The average Bonchev–Trinajstić information content (AvgIpc) is 2.43. The van der Waals surface area contributed by atoms with Gasteiger partial charge in [0.2, 0.25) is 5.91 Å². The van der Waals surface area contributed by atoms with Gasteiger partial charge in [-0.2, -0.15) is 0 Å². The van der Waals surface area contributed by atoms with Gasteiger partial charge in [-0.3, -0.25) is 4.79 Å². The van der Waals surface area contributed by atoms with E-state index in [1.165, 1.54) is 32.1 Å². The third-order valence-electron chi connectivity index (χ3n) is 5.50. The Morgan fingerprint density at radius 1 is 1.19 bits per heavy atom. The Bertz CT molecular complexity index is 351. The molecule has 2 saturated carbocycles. The van der Waals surface area contributed by atoms with Gasteiger partial charge >= 0.3 is 0 Å². The van der Waals surface area contributed by atoms with Gasteiger partial charge in [0.1, 0.15) is 0 Å². The second-order valence-electron chi connectivity index (χ2n) is 8.25. The molecule has 3 nitrogen and oxygen atoms in total. The second-order valence-corrected chi connectivity index (χ2v) is 8.25. The summed E-state index contributed by atoms with van der Waals surface area (Å²) in [6, 6.07) is 0. The van der Waals surface area contributed by atoms with E-state index in [1.54, 1.807) is 0 Å². The summed E-state index contributed by atoms with van der Waals surface area (Å²) in [6.07, 6.45) is 9.32. The van der Waals surface area contributed by atoms with Crippen LogP contribution in [0, 0.1) is 23.2 Å². The molecule has 2 aliphatic rings. The number of fused-ring (bicyclic) bond motifs is 1. The maximum Gasteiger partial charge on any atom is 0.223 e. The van der Waals surface area contributed by atoms with E-state index in [9.17, 15) is 9.90 Å². The topological polar surface area (TPSA) is 49.3 Å². The van der Waals surface area contributed by atoms with Gasteiger partial charge in [0, 0.05) is 12.5 Å². The number of hydrogen-bond donors (Lipinski definition) is 2. The minimum absolute atomic E-state index is 0.0358. The van der Waals surface area contributed by atoms with Gasteiger partial charge in [-0.05, 0) is 49.9 Å². The lowest BCUT2D eigenvalue weighted by molar-refractivity contribution is -0.127. The van der Waals surface area contributed by atoms with E-state index in [4.69, 9.17) is 0 Å². The summed E-state index contributed by atoms with van der Waals surface area (Å²) in [5.41, 5.74) is -0.0358. The van der Waals surface area contributed by atoms with Crippen molar-refractivity contribution in [2.45, 2.75) is 78.2 Å². The van der Waals surface area contributed by atoms with Crippen LogP contribution in [0.1, 0.15) is 72.1 Å². The number of nitrogens with one attached hydrogen (secondary N) is 1. The van der Waals surface area contributed by atoms with Crippen molar-refractivity contribution < 1.29 is 9.90 Å². The molecule has 0 saturated heterocycles. The molecule has 2 fully saturated rings. The first-order valence-corrected chi connectivity index (χ1v) is 8.83. The van der Waals surface area contributed by atoms with Crippen LogP contribution >= 0.6 is 0 Å². The molecule has 0 heterocycles. The fourth-order valence-corrected chi connectivity index (χ4v) is 4.45. The van der Waals surface area contributed by atoms with Crippen molar-refractivity contribution in [2.75, 3.05) is 6.54 Å². The van der Waals surface area contributed by atoms with Gasteiger partial charge in [-0.25, -0.2) is 0 Å². The zero-order valence-corrected chi connectivity index (χ0v) is 14.0. The molecule has 1 amide bonds. The molecule has 2 N–H and O–H groups in total. The Kier molecular flexibility index (Phi) is 5.70. The van der Waals surface area contributed by atoms with Crippen LogP contribution in [0.4, 0.5) is 0 Å². The van der Waals surface area contributed by atoms with Crippen molar-refractivity contribution in [1.82, 2.24) is 5.32 Å². The van der Waals surface area contributed by atoms with Crippen LogP contribution in [0.3, 0.4) is 0 Å². The molecule has 0 radical (unpaired) electrons. The van der Waals surface area contributed by atoms with Gasteiger partial charge in [0.25, 0.3) is 0 Å². The van der Waals surface area contributed by atoms with Crippen molar-refractivity contribution in [3.63, 3.8) is 0 Å². The molecule has 4 atom stereocenters. The summed E-state index contributed by atoms with van der Waals surface area (Å²) in [5.74, 6) is 2.17. The molecule has 0 bridgehead atoms. The smallest absolute Gasteiger partial charge is 0.223 e. The number of amides is 1. The first-order chi connectivity index (χ1) is 9.87. The van der Waals surface area contributed by atoms with Crippen molar-refractivity contribution in [3.8, 4) is 0 Å². The lowest BCUT2D eigenvalue weighted by Crippen LogP contribution is -2.41. The molecule has 2 aliphatic carbocycles. The molecule has 122 valence electrons. The minimum atomic E-state index is -0.311. The van der Waals surface area contributed by atoms with E-state index < -0.39 is 0 Å². The van der Waals surface area contributed by atoms with Gasteiger partial charge in [0.05, 0.1) is 6.10 Å². The van der Waals surface area contributed by atoms with Gasteiger partial charge in [0.15, 0.2) is 0 Å². The van der Waals surface area contributed by atoms with E-state index in [-0.39, 0.29) is 23.3 Å². The highest BCUT2D eigenvalue weighted by Crippen LogP contribution is 2.42. The van der Waals surface area contributed by atoms with Crippen LogP contribution in [0.25, 0.3) is 0 Å². The fourth-order valence-electron chi connectivity index (χ4n) is 4.45. The lowest BCUT2D eigenvalue weighted by atomic mass is 9.67. The Morgan fingerprint density at radius 2 is 1.86 bits per heavy atom. The summed E-state index contributed by atoms with van der Waals surface area (Å²) in [5, 5.41) is 12.7. The molecular formula is C18H33NO2. The van der Waals surface area contributed by atoms with Crippen molar-refractivity contribution >= 4 is 5.91 Å². The summed E-state index contributed by atoms with van der Waals surface area (Å²) < 4.78 is 0. The maximum absolute atomic E-state index is 12.4. The third kappa shape index (κ3) is 4.98. The fraction of sp³-hybridized carbons (Fsp3) is 0.944. The Morgan fingerprint density at radius 3 is 2.52 bits per heavy atom. The van der Waals surface area contributed by atoms with Crippen molar-refractivity contribution in [2.24, 2.45) is 23.2 Å². The molecule has 3 heteroatoms. The highest BCUT2D eigenvalue weighted by atomic mass is 16.3.